The minimum absolute atomic E-state index is 0.254. The van der Waals surface area contributed by atoms with E-state index in [1.807, 2.05) is 37.3 Å². The number of benzene rings is 6. The monoisotopic (exact) mass is 802 g/mol. The quantitative estimate of drug-likeness (QED) is 0.148. The lowest BCUT2D eigenvalue weighted by atomic mass is 9.97. The lowest BCUT2D eigenvalue weighted by Gasteiger charge is -2.15. The molecule has 300 valence electrons. The van der Waals surface area contributed by atoms with Gasteiger partial charge in [-0.15, -0.1) is 0 Å². The molecule has 62 heavy (non-hydrogen) atoms. The van der Waals surface area contributed by atoms with E-state index in [1.54, 1.807) is 6.07 Å². The molecule has 10 rings (SSSR count). The van der Waals surface area contributed by atoms with E-state index in [0.717, 1.165) is 112 Å². The zero-order chi connectivity index (χ0) is 42.3. The van der Waals surface area contributed by atoms with Gasteiger partial charge in [-0.3, -0.25) is 0 Å². The third kappa shape index (κ3) is 6.57. The van der Waals surface area contributed by atoms with Crippen molar-refractivity contribution in [3.8, 4) is 33.7 Å². The summed E-state index contributed by atoms with van der Waals surface area (Å²) in [5.41, 5.74) is 15.9. The molecule has 0 aliphatic heterocycles. The Kier molecular flexibility index (Phi) is 9.90. The number of aromatic hydroxyl groups is 1. The maximum Gasteiger partial charge on any atom is 0.135 e. The predicted molar refractivity (Wildman–Crippen MR) is 264 cm³/mol. The first-order chi connectivity index (χ1) is 30.4. The van der Waals surface area contributed by atoms with Gasteiger partial charge in [0.05, 0.1) is 16.6 Å². The van der Waals surface area contributed by atoms with Crippen LogP contribution in [0.3, 0.4) is 0 Å². The van der Waals surface area contributed by atoms with Crippen molar-refractivity contribution in [3.05, 3.63) is 217 Å². The second-order valence-electron chi connectivity index (χ2n) is 15.9. The molecule has 0 atom stereocenters. The van der Waals surface area contributed by atoms with Gasteiger partial charge in [-0.05, 0) is 104 Å². The van der Waals surface area contributed by atoms with Crippen molar-refractivity contribution in [1.82, 2.24) is 9.13 Å². The smallest absolute Gasteiger partial charge is 0.135 e. The van der Waals surface area contributed by atoms with Gasteiger partial charge in [-0.25, -0.2) is 0 Å². The zero-order valence-electron chi connectivity index (χ0n) is 35.1. The summed E-state index contributed by atoms with van der Waals surface area (Å²) in [7, 11) is 0. The van der Waals surface area contributed by atoms with Crippen molar-refractivity contribution in [3.63, 3.8) is 0 Å². The molecule has 4 nitrogen and oxygen atoms in total. The van der Waals surface area contributed by atoms with Crippen molar-refractivity contribution in [1.29, 1.82) is 0 Å². The number of para-hydroxylation sites is 1. The first kappa shape index (κ1) is 38.4. The van der Waals surface area contributed by atoms with Crippen molar-refractivity contribution in [2.45, 2.75) is 27.2 Å². The van der Waals surface area contributed by atoms with Gasteiger partial charge in [0.25, 0.3) is 0 Å². The van der Waals surface area contributed by atoms with Crippen molar-refractivity contribution >= 4 is 67.1 Å². The topological polar surface area (TPSA) is 43.2 Å². The second kappa shape index (κ2) is 16.0. The Morgan fingerprint density at radius 1 is 0.726 bits per heavy atom. The maximum atomic E-state index is 10.9. The largest absolute Gasteiger partial charge is 0.507 e. The van der Waals surface area contributed by atoms with Crippen LogP contribution in [0, 0.1) is 6.92 Å². The Bertz CT molecular complexity index is 3440. The van der Waals surface area contributed by atoms with Gasteiger partial charge < -0.3 is 18.7 Å². The van der Waals surface area contributed by atoms with Crippen LogP contribution in [-0.4, -0.2) is 14.2 Å². The fourth-order valence-electron chi connectivity index (χ4n) is 9.27. The van der Waals surface area contributed by atoms with E-state index in [4.69, 9.17) is 4.42 Å². The zero-order valence-corrected chi connectivity index (χ0v) is 35.1. The van der Waals surface area contributed by atoms with Gasteiger partial charge in [0.1, 0.15) is 17.1 Å². The van der Waals surface area contributed by atoms with E-state index in [1.165, 1.54) is 5.56 Å². The van der Waals surface area contributed by atoms with Crippen LogP contribution in [-0.2, 0) is 6.42 Å². The van der Waals surface area contributed by atoms with Gasteiger partial charge in [0.2, 0.25) is 0 Å². The summed E-state index contributed by atoms with van der Waals surface area (Å²) >= 11 is 0. The Labute approximate surface area is 362 Å². The summed E-state index contributed by atoms with van der Waals surface area (Å²) in [5.74, 6) is 1.24. The molecule has 4 heteroatoms. The maximum absolute atomic E-state index is 10.9. The molecule has 1 N–H and O–H groups in total. The van der Waals surface area contributed by atoms with Crippen LogP contribution in [0.2, 0.25) is 0 Å². The van der Waals surface area contributed by atoms with Gasteiger partial charge in [-0.1, -0.05) is 146 Å². The Morgan fingerprint density at radius 2 is 1.53 bits per heavy atom. The fourth-order valence-corrected chi connectivity index (χ4v) is 9.27. The number of hydrogen-bond donors (Lipinski definition) is 1. The molecular formula is C58H46N2O2. The molecule has 0 saturated carbocycles. The molecule has 0 bridgehead atoms. The molecule has 0 spiro atoms. The van der Waals surface area contributed by atoms with Gasteiger partial charge in [0.15, 0.2) is 0 Å². The molecule has 0 radical (unpaired) electrons. The number of furan rings is 1. The van der Waals surface area contributed by atoms with Gasteiger partial charge >= 0.3 is 0 Å². The molecular weight excluding hydrogens is 757 g/mol. The number of aromatic nitrogens is 2. The summed E-state index contributed by atoms with van der Waals surface area (Å²) in [5, 5.41) is 15.5. The SMILES string of the molecule is C=C/C=C\C(=C(/C)n1c(/C=C\C=C/C)cc2c3c4c(-c5ccc6c7c(oc6c5)CC=CC=C7)cccc4n(-c4cccc(-c5ccccc5O)c4)c3ccc21)c1cccc(C)c1. The standard InChI is InChI=1S/C58H46N2O2/c1-5-7-10-21-44-37-50-51(59(44)39(4)45(23-8-6-2)40-19-15-18-38(3)34-40)32-33-53-58(50)57-47(42-30-31-49-48-25-11-9-12-29-55(48)62-56(49)36-42)26-17-27-52(57)60(53)43-22-16-20-41(35-43)46-24-13-14-28-54(46)61/h5-28,30-37,61H,2,29H2,1,3-4H3/b7-5-,21-10-,23-8-,45-39-. The van der Waals surface area contributed by atoms with E-state index < -0.39 is 0 Å². The summed E-state index contributed by atoms with van der Waals surface area (Å²) in [6.45, 7) is 10.4. The van der Waals surface area contributed by atoms with E-state index >= 15 is 0 Å². The number of phenols is 1. The summed E-state index contributed by atoms with van der Waals surface area (Å²) < 4.78 is 11.3. The summed E-state index contributed by atoms with van der Waals surface area (Å²) in [6.07, 6.45) is 23.7. The molecule has 1 aliphatic carbocycles. The van der Waals surface area contributed by atoms with Gasteiger partial charge in [0, 0.05) is 61.7 Å². The Balaban J connectivity index is 1.31. The van der Waals surface area contributed by atoms with Crippen molar-refractivity contribution < 1.29 is 9.52 Å². The van der Waals surface area contributed by atoms with Crippen LogP contribution in [0.5, 0.6) is 5.75 Å². The lowest BCUT2D eigenvalue weighted by Crippen LogP contribution is -2.00. The number of aryl methyl sites for hydroxylation is 1. The van der Waals surface area contributed by atoms with Crippen LogP contribution in [0.4, 0.5) is 0 Å². The molecule has 9 aromatic rings. The first-order valence-corrected chi connectivity index (χ1v) is 21.2. The molecule has 0 saturated heterocycles. The molecule has 1 aliphatic rings. The molecule has 3 heterocycles. The minimum Gasteiger partial charge on any atom is -0.507 e. The molecule has 6 aromatic carbocycles. The highest BCUT2D eigenvalue weighted by molar-refractivity contribution is 6.25. The number of phenolic OH excluding ortho intramolecular Hbond substituents is 1. The van der Waals surface area contributed by atoms with Crippen molar-refractivity contribution in [2.75, 3.05) is 0 Å². The molecule has 0 fully saturated rings. The van der Waals surface area contributed by atoms with Crippen LogP contribution >= 0.6 is 0 Å². The fraction of sp³-hybridized carbons (Fsp3) is 0.0690. The molecule has 0 amide bonds. The van der Waals surface area contributed by atoms with Crippen LogP contribution in [0.25, 0.3) is 95.0 Å². The molecule has 0 unspecified atom stereocenters. The number of allylic oxidation sites excluding steroid dienone is 11. The van der Waals surface area contributed by atoms with Crippen molar-refractivity contribution in [2.24, 2.45) is 0 Å². The predicted octanol–water partition coefficient (Wildman–Crippen LogP) is 15.7. The van der Waals surface area contributed by atoms with E-state index in [2.05, 4.69) is 187 Å². The highest BCUT2D eigenvalue weighted by Crippen LogP contribution is 2.45. The average Bonchev–Trinajstić information content (AvgIpc) is 3.89. The number of rotatable bonds is 9. The van der Waals surface area contributed by atoms with E-state index in [0.29, 0.717) is 0 Å². The highest BCUT2D eigenvalue weighted by atomic mass is 16.3. The number of fused-ring (bicyclic) bond motifs is 8. The second-order valence-corrected chi connectivity index (χ2v) is 15.9. The average molecular weight is 803 g/mol. The van der Waals surface area contributed by atoms with Crippen LogP contribution in [0.1, 0.15) is 42.0 Å². The number of hydrogen-bond acceptors (Lipinski definition) is 2. The Morgan fingerprint density at radius 3 is 2.39 bits per heavy atom. The van der Waals surface area contributed by atoms with Crippen LogP contribution in [0.15, 0.2) is 193 Å². The lowest BCUT2D eigenvalue weighted by molar-refractivity contribution is 0.477. The molecule has 3 aromatic heterocycles. The first-order valence-electron chi connectivity index (χ1n) is 21.2. The normalized spacial score (nSPS) is 13.4. The van der Waals surface area contributed by atoms with Gasteiger partial charge in [-0.2, -0.15) is 0 Å². The third-order valence-electron chi connectivity index (χ3n) is 12.0. The Hall–Kier alpha value is -7.82. The highest BCUT2D eigenvalue weighted by Gasteiger charge is 2.23. The van der Waals surface area contributed by atoms with E-state index in [9.17, 15) is 5.11 Å². The van der Waals surface area contributed by atoms with Crippen LogP contribution < -0.4 is 0 Å². The summed E-state index contributed by atoms with van der Waals surface area (Å²) in [6, 6.07) is 44.9. The number of nitrogens with zero attached hydrogens (tertiary/aromatic N) is 2. The summed E-state index contributed by atoms with van der Waals surface area (Å²) in [4.78, 5) is 0. The minimum atomic E-state index is 0.254. The van der Waals surface area contributed by atoms with E-state index in [-0.39, 0.29) is 5.75 Å². The third-order valence-corrected chi connectivity index (χ3v) is 12.0.